The van der Waals surface area contributed by atoms with Crippen molar-refractivity contribution in [1.29, 1.82) is 0 Å². The summed E-state index contributed by atoms with van der Waals surface area (Å²) in [4.78, 5) is 37.2. The van der Waals surface area contributed by atoms with E-state index in [4.69, 9.17) is 0 Å². The molecule has 7 nitrogen and oxygen atoms in total. The predicted octanol–water partition coefficient (Wildman–Crippen LogP) is 3.54. The van der Waals surface area contributed by atoms with Gasteiger partial charge in [-0.05, 0) is 55.7 Å². The molecule has 1 heterocycles. The van der Waals surface area contributed by atoms with Gasteiger partial charge < -0.3 is 10.6 Å². The molecule has 2 N–H and O–H groups in total. The minimum atomic E-state index is -0.503. The number of anilines is 2. The van der Waals surface area contributed by atoms with Gasteiger partial charge in [-0.25, -0.2) is 0 Å². The van der Waals surface area contributed by atoms with Crippen LogP contribution in [-0.4, -0.2) is 35.9 Å². The van der Waals surface area contributed by atoms with Crippen LogP contribution in [0.2, 0.25) is 0 Å². The Morgan fingerprint density at radius 3 is 2.42 bits per heavy atom. The van der Waals surface area contributed by atoms with Crippen LogP contribution in [0, 0.1) is 12.8 Å². The molecule has 2 aromatic carbocycles. The SMILES string of the molecule is CC(=O)C1CC(C(=O)Nc2ccc(C(=O)NCC(C)C)cc2C)=NN1c1ccccc1. The van der Waals surface area contributed by atoms with E-state index in [0.29, 0.717) is 29.4 Å². The Hall–Kier alpha value is -3.48. The van der Waals surface area contributed by atoms with Gasteiger partial charge >= 0.3 is 0 Å². The van der Waals surface area contributed by atoms with Crippen LogP contribution in [0.1, 0.15) is 43.1 Å². The van der Waals surface area contributed by atoms with Gasteiger partial charge in [0.25, 0.3) is 11.8 Å². The van der Waals surface area contributed by atoms with E-state index in [0.717, 1.165) is 11.3 Å². The first kappa shape index (κ1) is 22.2. The molecule has 1 aliphatic rings. The lowest BCUT2D eigenvalue weighted by atomic mass is 10.1. The van der Waals surface area contributed by atoms with Gasteiger partial charge in [0.05, 0.1) is 5.69 Å². The summed E-state index contributed by atoms with van der Waals surface area (Å²) in [6, 6.07) is 14.0. The summed E-state index contributed by atoms with van der Waals surface area (Å²) < 4.78 is 0. The molecule has 162 valence electrons. The molecule has 0 saturated carbocycles. The highest BCUT2D eigenvalue weighted by Gasteiger charge is 2.34. The number of aryl methyl sites for hydroxylation is 1. The summed E-state index contributed by atoms with van der Waals surface area (Å²) in [6.45, 7) is 8.01. The molecule has 2 aromatic rings. The highest BCUT2D eigenvalue weighted by Crippen LogP contribution is 2.26. The van der Waals surface area contributed by atoms with Crippen molar-refractivity contribution in [2.75, 3.05) is 16.9 Å². The fourth-order valence-corrected chi connectivity index (χ4v) is 3.32. The number of carbonyl (C=O) groups excluding carboxylic acids is 3. The number of hydrogen-bond donors (Lipinski definition) is 2. The molecular formula is C24H28N4O3. The number of ketones is 1. The second-order valence-corrected chi connectivity index (χ2v) is 8.15. The average Bonchev–Trinajstić information content (AvgIpc) is 3.20. The van der Waals surface area contributed by atoms with Crippen molar-refractivity contribution in [2.45, 2.75) is 40.2 Å². The van der Waals surface area contributed by atoms with E-state index < -0.39 is 6.04 Å². The smallest absolute Gasteiger partial charge is 0.271 e. The first-order chi connectivity index (χ1) is 14.8. The van der Waals surface area contributed by atoms with Gasteiger partial charge in [-0.15, -0.1) is 0 Å². The van der Waals surface area contributed by atoms with E-state index in [9.17, 15) is 14.4 Å². The molecule has 3 rings (SSSR count). The number of hydrogen-bond acceptors (Lipinski definition) is 5. The number of rotatable bonds is 7. The monoisotopic (exact) mass is 420 g/mol. The molecular weight excluding hydrogens is 392 g/mol. The third kappa shape index (κ3) is 5.36. The maximum absolute atomic E-state index is 12.8. The zero-order valence-corrected chi connectivity index (χ0v) is 18.3. The highest BCUT2D eigenvalue weighted by molar-refractivity contribution is 6.44. The normalized spacial score (nSPS) is 15.6. The summed E-state index contributed by atoms with van der Waals surface area (Å²) in [5.41, 5.74) is 2.97. The highest BCUT2D eigenvalue weighted by atomic mass is 16.2. The minimum absolute atomic E-state index is 0.0525. The maximum Gasteiger partial charge on any atom is 0.271 e. The number of nitrogens with zero attached hydrogens (tertiary/aromatic N) is 2. The molecule has 1 aliphatic heterocycles. The van der Waals surface area contributed by atoms with Crippen LogP contribution < -0.4 is 15.6 Å². The van der Waals surface area contributed by atoms with Crippen molar-refractivity contribution < 1.29 is 14.4 Å². The van der Waals surface area contributed by atoms with Crippen LogP contribution in [0.5, 0.6) is 0 Å². The molecule has 0 bridgehead atoms. The molecule has 7 heteroatoms. The Morgan fingerprint density at radius 1 is 1.10 bits per heavy atom. The number of para-hydroxylation sites is 1. The van der Waals surface area contributed by atoms with Crippen molar-refractivity contribution >= 4 is 34.7 Å². The summed E-state index contributed by atoms with van der Waals surface area (Å²) >= 11 is 0. The summed E-state index contributed by atoms with van der Waals surface area (Å²) in [5, 5.41) is 11.8. The van der Waals surface area contributed by atoms with Crippen LogP contribution in [0.25, 0.3) is 0 Å². The molecule has 31 heavy (non-hydrogen) atoms. The standard InChI is InChI=1S/C24H28N4O3/c1-15(2)14-25-23(30)18-10-11-20(16(3)12-18)26-24(31)21-13-22(17(4)29)28(27-21)19-8-6-5-7-9-19/h5-12,15,22H,13-14H2,1-4H3,(H,25,30)(H,26,31). The van der Waals surface area contributed by atoms with Gasteiger partial charge in [-0.2, -0.15) is 5.10 Å². The van der Waals surface area contributed by atoms with Crippen LogP contribution in [0.3, 0.4) is 0 Å². The number of amides is 2. The number of Topliss-reactive ketones (excluding diaryl/α,β-unsaturated/α-hetero) is 1. The quantitative estimate of drug-likeness (QED) is 0.717. The van der Waals surface area contributed by atoms with Crippen LogP contribution >= 0.6 is 0 Å². The number of carbonyl (C=O) groups is 3. The molecule has 0 radical (unpaired) electrons. The fourth-order valence-electron chi connectivity index (χ4n) is 3.32. The van der Waals surface area contributed by atoms with Gasteiger partial charge in [0.2, 0.25) is 0 Å². The van der Waals surface area contributed by atoms with E-state index in [1.165, 1.54) is 6.92 Å². The second kappa shape index (κ2) is 9.55. The van der Waals surface area contributed by atoms with Gasteiger partial charge in [0.15, 0.2) is 5.78 Å². The Kier molecular flexibility index (Phi) is 6.84. The minimum Gasteiger partial charge on any atom is -0.352 e. The number of hydrazone groups is 1. The van der Waals surface area contributed by atoms with Crippen LogP contribution in [0.4, 0.5) is 11.4 Å². The lowest BCUT2D eigenvalue weighted by molar-refractivity contribution is -0.118. The van der Waals surface area contributed by atoms with Crippen LogP contribution in [0.15, 0.2) is 53.6 Å². The fraction of sp³-hybridized carbons (Fsp3) is 0.333. The third-order valence-electron chi connectivity index (χ3n) is 5.07. The maximum atomic E-state index is 12.8. The third-order valence-corrected chi connectivity index (χ3v) is 5.07. The lowest BCUT2D eigenvalue weighted by Gasteiger charge is -2.20. The van der Waals surface area contributed by atoms with Crippen molar-refractivity contribution in [1.82, 2.24) is 5.32 Å². The van der Waals surface area contributed by atoms with Gasteiger partial charge in [0, 0.05) is 24.2 Å². The molecule has 2 amide bonds. The summed E-state index contributed by atoms with van der Waals surface area (Å²) in [6.07, 6.45) is 0.241. The Balaban J connectivity index is 1.73. The zero-order valence-electron chi connectivity index (χ0n) is 18.3. The summed E-state index contributed by atoms with van der Waals surface area (Å²) in [7, 11) is 0. The zero-order chi connectivity index (χ0) is 22.5. The Bertz CT molecular complexity index is 1010. The largest absolute Gasteiger partial charge is 0.352 e. The molecule has 0 saturated heterocycles. The van der Waals surface area contributed by atoms with E-state index in [1.54, 1.807) is 23.2 Å². The number of nitrogens with one attached hydrogen (secondary N) is 2. The van der Waals surface area contributed by atoms with Crippen LogP contribution in [-0.2, 0) is 9.59 Å². The topological polar surface area (TPSA) is 90.9 Å². The van der Waals surface area contributed by atoms with E-state index in [2.05, 4.69) is 15.7 Å². The van der Waals surface area contributed by atoms with Crippen molar-refractivity contribution in [3.8, 4) is 0 Å². The lowest BCUT2D eigenvalue weighted by Crippen LogP contribution is -2.33. The van der Waals surface area contributed by atoms with Crippen molar-refractivity contribution in [3.63, 3.8) is 0 Å². The summed E-state index contributed by atoms with van der Waals surface area (Å²) in [5.74, 6) is -0.184. The first-order valence-corrected chi connectivity index (χ1v) is 10.4. The molecule has 0 fully saturated rings. The molecule has 1 atom stereocenters. The van der Waals surface area contributed by atoms with Crippen molar-refractivity contribution in [3.05, 3.63) is 59.7 Å². The van der Waals surface area contributed by atoms with Crippen molar-refractivity contribution in [2.24, 2.45) is 11.0 Å². The second-order valence-electron chi connectivity index (χ2n) is 8.15. The van der Waals surface area contributed by atoms with E-state index >= 15 is 0 Å². The molecule has 0 aromatic heterocycles. The average molecular weight is 421 g/mol. The number of benzene rings is 2. The van der Waals surface area contributed by atoms with Gasteiger partial charge in [-0.3, -0.25) is 19.4 Å². The molecule has 1 unspecified atom stereocenters. The van der Waals surface area contributed by atoms with E-state index in [-0.39, 0.29) is 24.0 Å². The Labute approximate surface area is 182 Å². The predicted molar refractivity (Wildman–Crippen MR) is 122 cm³/mol. The Morgan fingerprint density at radius 2 is 1.81 bits per heavy atom. The molecule has 0 spiro atoms. The van der Waals surface area contributed by atoms with Gasteiger partial charge in [0.1, 0.15) is 11.8 Å². The molecule has 0 aliphatic carbocycles. The van der Waals surface area contributed by atoms with E-state index in [1.807, 2.05) is 51.1 Å². The first-order valence-electron chi connectivity index (χ1n) is 10.4. The van der Waals surface area contributed by atoms with Gasteiger partial charge in [-0.1, -0.05) is 32.0 Å².